The topological polar surface area (TPSA) is 64.3 Å². The van der Waals surface area contributed by atoms with Crippen molar-refractivity contribution in [3.8, 4) is 6.07 Å². The van der Waals surface area contributed by atoms with Crippen LogP contribution in [0.3, 0.4) is 0 Å². The Bertz CT molecular complexity index is 752. The Kier molecular flexibility index (Phi) is 3.84. The van der Waals surface area contributed by atoms with Crippen molar-refractivity contribution in [3.05, 3.63) is 64.7 Å². The van der Waals surface area contributed by atoms with E-state index in [9.17, 15) is 9.90 Å². The molecule has 0 saturated carbocycles. The summed E-state index contributed by atoms with van der Waals surface area (Å²) < 4.78 is 0. The molecule has 0 aromatic heterocycles. The van der Waals surface area contributed by atoms with E-state index in [-0.39, 0.29) is 11.9 Å². The molecule has 110 valence electrons. The average Bonchev–Trinajstić information content (AvgIpc) is 2.83. The lowest BCUT2D eigenvalue weighted by atomic mass is 10.0. The maximum atomic E-state index is 12.3. The fraction of sp³-hybridized carbons (Fsp3) is 0.176. The summed E-state index contributed by atoms with van der Waals surface area (Å²) in [5.74, 6) is -0.338. The van der Waals surface area contributed by atoms with Gasteiger partial charge in [-0.15, -0.1) is 0 Å². The molecule has 5 heteroatoms. The van der Waals surface area contributed by atoms with E-state index in [1.165, 1.54) is 0 Å². The number of amides is 1. The SMILES string of the molecule is N#Cc1ccc(N2C(=O)[C@@H](O)C[C@H]2c2cccc(Cl)c2)cc1. The maximum absolute atomic E-state index is 12.3. The van der Waals surface area contributed by atoms with Crippen LogP contribution in [0.15, 0.2) is 48.5 Å². The number of carbonyl (C=O) groups is 1. The Morgan fingerprint density at radius 2 is 1.95 bits per heavy atom. The molecule has 2 aromatic carbocycles. The lowest BCUT2D eigenvalue weighted by molar-refractivity contribution is -0.124. The van der Waals surface area contributed by atoms with Crippen molar-refractivity contribution in [1.29, 1.82) is 5.26 Å². The average molecular weight is 313 g/mol. The third-order valence-corrected chi connectivity index (χ3v) is 4.02. The molecule has 1 N–H and O–H groups in total. The minimum Gasteiger partial charge on any atom is -0.383 e. The predicted molar refractivity (Wildman–Crippen MR) is 83.5 cm³/mol. The van der Waals surface area contributed by atoms with Gasteiger partial charge in [0, 0.05) is 17.1 Å². The second-order valence-electron chi connectivity index (χ2n) is 5.19. The molecular weight excluding hydrogens is 300 g/mol. The van der Waals surface area contributed by atoms with Gasteiger partial charge in [0.1, 0.15) is 6.10 Å². The van der Waals surface area contributed by atoms with Gasteiger partial charge in [0.25, 0.3) is 5.91 Å². The molecule has 0 aliphatic carbocycles. The first-order valence-corrected chi connectivity index (χ1v) is 7.24. The number of hydrogen-bond donors (Lipinski definition) is 1. The largest absolute Gasteiger partial charge is 0.383 e. The van der Waals surface area contributed by atoms with Crippen LogP contribution in [0, 0.1) is 11.3 Å². The highest BCUT2D eigenvalue weighted by atomic mass is 35.5. The van der Waals surface area contributed by atoms with Crippen LogP contribution in [0.1, 0.15) is 23.6 Å². The summed E-state index contributed by atoms with van der Waals surface area (Å²) in [5.41, 5.74) is 2.06. The third kappa shape index (κ3) is 2.57. The molecular formula is C17H13ClN2O2. The van der Waals surface area contributed by atoms with Gasteiger partial charge < -0.3 is 10.0 Å². The van der Waals surface area contributed by atoms with Crippen molar-refractivity contribution in [1.82, 2.24) is 0 Å². The van der Waals surface area contributed by atoms with Crippen molar-refractivity contribution in [3.63, 3.8) is 0 Å². The Morgan fingerprint density at radius 1 is 1.23 bits per heavy atom. The lowest BCUT2D eigenvalue weighted by Gasteiger charge is -2.25. The highest BCUT2D eigenvalue weighted by Crippen LogP contribution is 2.37. The number of carbonyl (C=O) groups excluding carboxylic acids is 1. The molecule has 3 rings (SSSR count). The Hall–Kier alpha value is -2.35. The van der Waals surface area contributed by atoms with Crippen LogP contribution < -0.4 is 4.90 Å². The molecule has 1 aliphatic rings. The molecule has 0 unspecified atom stereocenters. The van der Waals surface area contributed by atoms with Crippen LogP contribution in [0.4, 0.5) is 5.69 Å². The molecule has 1 saturated heterocycles. The summed E-state index contributed by atoms with van der Waals surface area (Å²) in [7, 11) is 0. The lowest BCUT2D eigenvalue weighted by Crippen LogP contribution is -2.30. The fourth-order valence-corrected chi connectivity index (χ4v) is 2.93. The van der Waals surface area contributed by atoms with Gasteiger partial charge in [-0.25, -0.2) is 0 Å². The monoisotopic (exact) mass is 312 g/mol. The molecule has 0 radical (unpaired) electrons. The summed E-state index contributed by atoms with van der Waals surface area (Å²) in [5, 5.41) is 19.4. The van der Waals surface area contributed by atoms with Gasteiger partial charge in [-0.2, -0.15) is 5.26 Å². The standard InChI is InChI=1S/C17H13ClN2O2/c18-13-3-1-2-12(8-13)15-9-16(21)17(22)20(15)14-6-4-11(10-19)5-7-14/h1-8,15-16,21H,9H2/t15-,16-/m0/s1. The van der Waals surface area contributed by atoms with Crippen molar-refractivity contribution in [2.24, 2.45) is 0 Å². The smallest absolute Gasteiger partial charge is 0.256 e. The van der Waals surface area contributed by atoms with E-state index < -0.39 is 6.10 Å². The number of nitriles is 1. The second-order valence-corrected chi connectivity index (χ2v) is 5.63. The van der Waals surface area contributed by atoms with Gasteiger partial charge in [-0.05, 0) is 42.0 Å². The Labute approximate surface area is 133 Å². The first-order valence-electron chi connectivity index (χ1n) is 6.87. The molecule has 1 fully saturated rings. The minimum absolute atomic E-state index is 0.269. The van der Waals surface area contributed by atoms with E-state index in [4.69, 9.17) is 16.9 Å². The molecule has 0 spiro atoms. The van der Waals surface area contributed by atoms with Gasteiger partial charge in [-0.1, -0.05) is 23.7 Å². The molecule has 1 heterocycles. The van der Waals surface area contributed by atoms with E-state index >= 15 is 0 Å². The van der Waals surface area contributed by atoms with Crippen molar-refractivity contribution < 1.29 is 9.90 Å². The zero-order chi connectivity index (χ0) is 15.7. The first-order chi connectivity index (χ1) is 10.6. The number of anilines is 1. The number of aliphatic hydroxyl groups is 1. The number of halogens is 1. The number of aliphatic hydroxyl groups excluding tert-OH is 1. The fourth-order valence-electron chi connectivity index (χ4n) is 2.73. The van der Waals surface area contributed by atoms with Crippen LogP contribution in [0.25, 0.3) is 0 Å². The van der Waals surface area contributed by atoms with Gasteiger partial charge in [0.2, 0.25) is 0 Å². The van der Waals surface area contributed by atoms with Crippen LogP contribution in [-0.4, -0.2) is 17.1 Å². The quantitative estimate of drug-likeness (QED) is 0.927. The number of nitrogens with zero attached hydrogens (tertiary/aromatic N) is 2. The van der Waals surface area contributed by atoms with Crippen molar-refractivity contribution in [2.75, 3.05) is 4.90 Å². The van der Waals surface area contributed by atoms with E-state index in [1.807, 2.05) is 18.2 Å². The highest BCUT2D eigenvalue weighted by Gasteiger charge is 2.40. The van der Waals surface area contributed by atoms with E-state index in [2.05, 4.69) is 0 Å². The summed E-state index contributed by atoms with van der Waals surface area (Å²) in [4.78, 5) is 13.9. The number of benzene rings is 2. The summed E-state index contributed by atoms with van der Waals surface area (Å²) in [6, 6.07) is 15.8. The molecule has 22 heavy (non-hydrogen) atoms. The van der Waals surface area contributed by atoms with Crippen LogP contribution >= 0.6 is 11.6 Å². The second kappa shape index (κ2) is 5.80. The number of rotatable bonds is 2. The summed E-state index contributed by atoms with van der Waals surface area (Å²) in [6.07, 6.45) is -0.709. The third-order valence-electron chi connectivity index (χ3n) is 3.79. The van der Waals surface area contributed by atoms with Crippen LogP contribution in [0.5, 0.6) is 0 Å². The predicted octanol–water partition coefficient (Wildman–Crippen LogP) is 3.05. The van der Waals surface area contributed by atoms with E-state index in [0.717, 1.165) is 5.56 Å². The zero-order valence-electron chi connectivity index (χ0n) is 11.6. The maximum Gasteiger partial charge on any atom is 0.256 e. The van der Waals surface area contributed by atoms with Crippen molar-refractivity contribution in [2.45, 2.75) is 18.6 Å². The first kappa shape index (κ1) is 14.6. The molecule has 4 nitrogen and oxygen atoms in total. The Balaban J connectivity index is 2.01. The highest BCUT2D eigenvalue weighted by molar-refractivity contribution is 6.30. The van der Waals surface area contributed by atoms with Crippen molar-refractivity contribution >= 4 is 23.2 Å². The Morgan fingerprint density at radius 3 is 2.59 bits per heavy atom. The summed E-state index contributed by atoms with van der Waals surface area (Å²) in [6.45, 7) is 0. The van der Waals surface area contributed by atoms with E-state index in [0.29, 0.717) is 22.7 Å². The normalized spacial score (nSPS) is 21.0. The molecule has 2 atom stereocenters. The summed E-state index contributed by atoms with van der Waals surface area (Å²) >= 11 is 6.03. The van der Waals surface area contributed by atoms with E-state index in [1.54, 1.807) is 41.3 Å². The molecule has 0 bridgehead atoms. The van der Waals surface area contributed by atoms with Gasteiger partial charge in [0.05, 0.1) is 17.7 Å². The number of hydrogen-bond acceptors (Lipinski definition) is 3. The zero-order valence-corrected chi connectivity index (χ0v) is 12.4. The van der Waals surface area contributed by atoms with Crippen LogP contribution in [0.2, 0.25) is 5.02 Å². The van der Waals surface area contributed by atoms with Crippen LogP contribution in [-0.2, 0) is 4.79 Å². The van der Waals surface area contributed by atoms with Gasteiger partial charge in [-0.3, -0.25) is 4.79 Å². The van der Waals surface area contributed by atoms with Gasteiger partial charge >= 0.3 is 0 Å². The minimum atomic E-state index is -1.03. The van der Waals surface area contributed by atoms with Gasteiger partial charge in [0.15, 0.2) is 0 Å². The molecule has 1 amide bonds. The molecule has 2 aromatic rings. The molecule has 1 aliphatic heterocycles.